The van der Waals surface area contributed by atoms with Gasteiger partial charge in [0.1, 0.15) is 23.4 Å². The van der Waals surface area contributed by atoms with E-state index in [1.165, 1.54) is 19.3 Å². The maximum absolute atomic E-state index is 14.4. The minimum absolute atomic E-state index is 0.264. The number of anilines is 2. The highest BCUT2D eigenvalue weighted by atomic mass is 19.1. The number of carbonyl (C=O) groups excluding carboxylic acids is 2. The fourth-order valence-corrected chi connectivity index (χ4v) is 5.16. The molecule has 6 rings (SSSR count). The number of nitrogens with one attached hydrogen (secondary N) is 1. The average Bonchev–Trinajstić information content (AvgIpc) is 3.76. The minimum Gasteiger partial charge on any atom is -0.484 e. The van der Waals surface area contributed by atoms with Gasteiger partial charge in [-0.3, -0.25) is 14.9 Å². The average molecular weight is 515 g/mol. The molecular formula is C29H27FN4O4. The van der Waals surface area contributed by atoms with Crippen LogP contribution in [0.5, 0.6) is 5.75 Å². The molecule has 1 saturated carbocycles. The van der Waals surface area contributed by atoms with Gasteiger partial charge in [0.15, 0.2) is 0 Å². The Morgan fingerprint density at radius 3 is 2.84 bits per heavy atom. The number of fused-ring (bicyclic) bond motifs is 2. The van der Waals surface area contributed by atoms with E-state index < -0.39 is 12.1 Å². The number of amides is 2. The molecule has 9 heteroatoms. The lowest BCUT2D eigenvalue weighted by atomic mass is 9.96. The molecule has 0 saturated heterocycles. The first-order valence-corrected chi connectivity index (χ1v) is 12.7. The molecule has 1 fully saturated rings. The van der Waals surface area contributed by atoms with Gasteiger partial charge in [0, 0.05) is 29.8 Å². The van der Waals surface area contributed by atoms with Crippen LogP contribution in [0, 0.1) is 12.7 Å². The molecule has 0 bridgehead atoms. The van der Waals surface area contributed by atoms with Crippen LogP contribution in [0.1, 0.15) is 65.1 Å². The fourth-order valence-electron chi connectivity index (χ4n) is 5.16. The van der Waals surface area contributed by atoms with Crippen molar-refractivity contribution in [1.29, 1.82) is 0 Å². The van der Waals surface area contributed by atoms with Crippen molar-refractivity contribution in [1.82, 2.24) is 9.97 Å². The third kappa shape index (κ3) is 4.49. The number of aryl methyl sites for hydroxylation is 2. The number of hydrogen-bond donors (Lipinski definition) is 1. The lowest BCUT2D eigenvalue weighted by Gasteiger charge is -2.33. The van der Waals surface area contributed by atoms with Gasteiger partial charge in [-0.05, 0) is 68.0 Å². The summed E-state index contributed by atoms with van der Waals surface area (Å²) in [4.78, 5) is 35.6. The second-order valence-corrected chi connectivity index (χ2v) is 9.87. The van der Waals surface area contributed by atoms with Crippen molar-refractivity contribution in [2.45, 2.75) is 51.2 Å². The Morgan fingerprint density at radius 1 is 1.24 bits per heavy atom. The van der Waals surface area contributed by atoms with Crippen LogP contribution in [-0.4, -0.2) is 29.1 Å². The standard InChI is InChI=1S/C29H27FN4O4/c1-16-12-18-7-9-24(28-21(30)4-3-11-31-28)38-25(18)14-23(16)34-15-20-22(33-29(34)36)13-19(8-10-26(35)37-2)32-27(20)17-5-6-17/h3-4,8,10-14,17,24H,5-7,9,15H2,1-2H3,(H,33,36)/b10-8+. The SMILES string of the molecule is COC(=O)/C=C/c1cc2c(c(C3CC3)n1)CN(c1cc3c(cc1C)CCC(c1ncccc1F)O3)C(=O)N2. The number of nitrogens with zero attached hydrogens (tertiary/aromatic N) is 3. The van der Waals surface area contributed by atoms with Crippen LogP contribution in [0.2, 0.25) is 0 Å². The first-order chi connectivity index (χ1) is 18.4. The molecule has 3 aliphatic rings. The smallest absolute Gasteiger partial charge is 0.330 e. The Labute approximate surface area is 219 Å². The summed E-state index contributed by atoms with van der Waals surface area (Å²) in [6, 6.07) is 8.38. The van der Waals surface area contributed by atoms with Crippen LogP contribution >= 0.6 is 0 Å². The van der Waals surface area contributed by atoms with Crippen molar-refractivity contribution in [3.05, 3.63) is 82.2 Å². The van der Waals surface area contributed by atoms with E-state index in [9.17, 15) is 14.0 Å². The number of methoxy groups -OCH3 is 1. The summed E-state index contributed by atoms with van der Waals surface area (Å²) in [6.07, 6.45) is 7.42. The molecule has 2 amide bonds. The number of carbonyl (C=O) groups is 2. The fraction of sp³-hybridized carbons (Fsp3) is 0.310. The Bertz CT molecular complexity index is 1480. The van der Waals surface area contributed by atoms with Crippen LogP contribution in [0.15, 0.2) is 42.6 Å². The van der Waals surface area contributed by atoms with Gasteiger partial charge in [-0.25, -0.2) is 14.0 Å². The largest absolute Gasteiger partial charge is 0.484 e. The van der Waals surface area contributed by atoms with Gasteiger partial charge >= 0.3 is 12.0 Å². The Morgan fingerprint density at radius 2 is 2.08 bits per heavy atom. The molecule has 1 aliphatic carbocycles. The molecule has 8 nitrogen and oxygen atoms in total. The maximum atomic E-state index is 14.4. The zero-order chi connectivity index (χ0) is 26.4. The molecule has 0 radical (unpaired) electrons. The molecule has 0 spiro atoms. The number of esters is 1. The number of pyridine rings is 2. The third-order valence-corrected chi connectivity index (χ3v) is 7.24. The van der Waals surface area contributed by atoms with E-state index in [1.54, 1.807) is 29.3 Å². The summed E-state index contributed by atoms with van der Waals surface area (Å²) >= 11 is 0. The number of hydrogen-bond acceptors (Lipinski definition) is 6. The molecule has 4 heterocycles. The topological polar surface area (TPSA) is 93.7 Å². The van der Waals surface area contributed by atoms with Crippen LogP contribution < -0.4 is 15.0 Å². The van der Waals surface area contributed by atoms with Crippen molar-refractivity contribution < 1.29 is 23.5 Å². The van der Waals surface area contributed by atoms with E-state index in [4.69, 9.17) is 9.72 Å². The van der Waals surface area contributed by atoms with Gasteiger partial charge in [-0.15, -0.1) is 0 Å². The lowest BCUT2D eigenvalue weighted by Crippen LogP contribution is -2.40. The summed E-state index contributed by atoms with van der Waals surface area (Å²) < 4.78 is 25.3. The Kier molecular flexibility index (Phi) is 6.06. The molecule has 2 aliphatic heterocycles. The van der Waals surface area contributed by atoms with Gasteiger partial charge in [-0.2, -0.15) is 0 Å². The molecule has 1 N–H and O–H groups in total. The van der Waals surface area contributed by atoms with Gasteiger partial charge in [-0.1, -0.05) is 6.07 Å². The van der Waals surface area contributed by atoms with E-state index in [1.807, 2.05) is 19.1 Å². The van der Waals surface area contributed by atoms with E-state index in [-0.39, 0.29) is 11.8 Å². The van der Waals surface area contributed by atoms with Gasteiger partial charge in [0.05, 0.1) is 36.4 Å². The van der Waals surface area contributed by atoms with Crippen LogP contribution in [0.3, 0.4) is 0 Å². The number of urea groups is 1. The third-order valence-electron chi connectivity index (χ3n) is 7.24. The molecule has 2 aromatic heterocycles. The zero-order valence-corrected chi connectivity index (χ0v) is 21.2. The Balaban J connectivity index is 1.32. The van der Waals surface area contributed by atoms with Crippen molar-refractivity contribution in [3.63, 3.8) is 0 Å². The highest BCUT2D eigenvalue weighted by Gasteiger charge is 2.35. The minimum atomic E-state index is -0.489. The number of rotatable bonds is 5. The number of halogens is 1. The monoisotopic (exact) mass is 514 g/mol. The van der Waals surface area contributed by atoms with E-state index in [0.29, 0.717) is 41.7 Å². The van der Waals surface area contributed by atoms with Gasteiger partial charge in [0.2, 0.25) is 0 Å². The lowest BCUT2D eigenvalue weighted by molar-refractivity contribution is -0.134. The van der Waals surface area contributed by atoms with Crippen LogP contribution in [0.4, 0.5) is 20.6 Å². The molecule has 194 valence electrons. The maximum Gasteiger partial charge on any atom is 0.330 e. The first-order valence-electron chi connectivity index (χ1n) is 12.7. The van der Waals surface area contributed by atoms with Crippen molar-refractivity contribution in [2.24, 2.45) is 0 Å². The highest BCUT2D eigenvalue weighted by Crippen LogP contribution is 2.45. The molecule has 38 heavy (non-hydrogen) atoms. The quantitative estimate of drug-likeness (QED) is 0.352. The van der Waals surface area contributed by atoms with Gasteiger partial charge < -0.3 is 14.8 Å². The van der Waals surface area contributed by atoms with E-state index in [0.717, 1.165) is 47.3 Å². The second kappa shape index (κ2) is 9.55. The molecule has 1 atom stereocenters. The van der Waals surface area contributed by atoms with Crippen molar-refractivity contribution in [3.8, 4) is 5.75 Å². The molecule has 3 aromatic rings. The van der Waals surface area contributed by atoms with Crippen LogP contribution in [0.25, 0.3) is 6.08 Å². The van der Waals surface area contributed by atoms with Gasteiger partial charge in [0.25, 0.3) is 0 Å². The molecule has 1 unspecified atom stereocenters. The number of ether oxygens (including phenoxy) is 2. The summed E-state index contributed by atoms with van der Waals surface area (Å²) in [5, 5.41) is 3.02. The van der Waals surface area contributed by atoms with Crippen molar-refractivity contribution >= 4 is 29.5 Å². The highest BCUT2D eigenvalue weighted by molar-refractivity contribution is 6.05. The predicted octanol–water partition coefficient (Wildman–Crippen LogP) is 5.61. The Hall–Kier alpha value is -4.27. The van der Waals surface area contributed by atoms with Crippen molar-refractivity contribution in [2.75, 3.05) is 17.3 Å². The number of benzene rings is 1. The predicted molar refractivity (Wildman–Crippen MR) is 140 cm³/mol. The zero-order valence-electron chi connectivity index (χ0n) is 21.2. The molecular weight excluding hydrogens is 487 g/mol. The summed E-state index contributed by atoms with van der Waals surface area (Å²) in [5.41, 5.74) is 6.20. The number of aromatic nitrogens is 2. The molecule has 1 aromatic carbocycles. The van der Waals surface area contributed by atoms with Crippen LogP contribution in [-0.2, 0) is 22.5 Å². The summed E-state index contributed by atoms with van der Waals surface area (Å²) in [5.74, 6) is 0.107. The normalized spacial score (nSPS) is 18.4. The second-order valence-electron chi connectivity index (χ2n) is 9.87. The first kappa shape index (κ1) is 24.1. The summed E-state index contributed by atoms with van der Waals surface area (Å²) in [7, 11) is 1.32. The van der Waals surface area contributed by atoms with E-state index in [2.05, 4.69) is 15.0 Å². The van der Waals surface area contributed by atoms with E-state index >= 15 is 0 Å². The summed E-state index contributed by atoms with van der Waals surface area (Å²) in [6.45, 7) is 2.34.